The van der Waals surface area contributed by atoms with Gasteiger partial charge in [0.15, 0.2) is 0 Å². The molecule has 0 saturated carbocycles. The summed E-state index contributed by atoms with van der Waals surface area (Å²) in [5.74, 6) is 2.02. The van der Waals surface area contributed by atoms with Crippen LogP contribution in [-0.2, 0) is 11.3 Å². The molecule has 2 rings (SSSR count). The lowest BCUT2D eigenvalue weighted by Crippen LogP contribution is -2.36. The number of carbonyl (C=O) groups excluding carboxylic acids is 1. The van der Waals surface area contributed by atoms with Crippen molar-refractivity contribution in [1.29, 1.82) is 0 Å². The van der Waals surface area contributed by atoms with E-state index in [9.17, 15) is 4.79 Å². The number of amides is 1. The molecule has 0 aliphatic carbocycles. The van der Waals surface area contributed by atoms with Gasteiger partial charge in [0.2, 0.25) is 5.91 Å². The highest BCUT2D eigenvalue weighted by molar-refractivity contribution is 5.76. The number of rotatable bonds is 7. The van der Waals surface area contributed by atoms with Crippen LogP contribution in [-0.4, -0.2) is 17.9 Å². The van der Waals surface area contributed by atoms with Crippen LogP contribution in [0.15, 0.2) is 47.1 Å². The van der Waals surface area contributed by atoms with Crippen molar-refractivity contribution in [2.24, 2.45) is 5.92 Å². The van der Waals surface area contributed by atoms with Gasteiger partial charge >= 0.3 is 0 Å². The summed E-state index contributed by atoms with van der Waals surface area (Å²) in [5, 5.41) is 0. The zero-order valence-electron chi connectivity index (χ0n) is 14.3. The highest BCUT2D eigenvalue weighted by Crippen LogP contribution is 2.31. The Morgan fingerprint density at radius 3 is 2.39 bits per heavy atom. The molecule has 0 fully saturated rings. The van der Waals surface area contributed by atoms with E-state index >= 15 is 0 Å². The lowest BCUT2D eigenvalue weighted by molar-refractivity contribution is -0.135. The number of furan rings is 1. The number of methoxy groups -OCH3 is 1. The Labute approximate surface area is 138 Å². The van der Waals surface area contributed by atoms with Crippen molar-refractivity contribution >= 4 is 5.91 Å². The first-order valence-electron chi connectivity index (χ1n) is 8.02. The zero-order valence-corrected chi connectivity index (χ0v) is 14.3. The summed E-state index contributed by atoms with van der Waals surface area (Å²) in [6, 6.07) is 11.7. The molecule has 0 spiro atoms. The molecular formula is C19H25NO3. The second kappa shape index (κ2) is 7.86. The largest absolute Gasteiger partial charge is 0.497 e. The molecule has 0 bridgehead atoms. The van der Waals surface area contributed by atoms with Crippen LogP contribution in [0.3, 0.4) is 0 Å². The second-order valence-corrected chi connectivity index (χ2v) is 5.92. The summed E-state index contributed by atoms with van der Waals surface area (Å²) < 4.78 is 10.7. The van der Waals surface area contributed by atoms with Gasteiger partial charge in [-0.05, 0) is 35.7 Å². The quantitative estimate of drug-likeness (QED) is 0.759. The molecule has 0 N–H and O–H groups in total. The maximum Gasteiger partial charge on any atom is 0.223 e. The molecule has 124 valence electrons. The van der Waals surface area contributed by atoms with Crippen LogP contribution >= 0.6 is 0 Å². The molecule has 1 aromatic heterocycles. The Kier molecular flexibility index (Phi) is 5.85. The first kappa shape index (κ1) is 17.1. The van der Waals surface area contributed by atoms with Crippen molar-refractivity contribution in [3.05, 3.63) is 54.0 Å². The highest BCUT2D eigenvalue weighted by atomic mass is 16.5. The number of carbonyl (C=O) groups is 1. The molecule has 0 radical (unpaired) electrons. The van der Waals surface area contributed by atoms with Crippen LogP contribution in [0.5, 0.6) is 5.75 Å². The monoisotopic (exact) mass is 315 g/mol. The van der Waals surface area contributed by atoms with Crippen molar-refractivity contribution in [3.63, 3.8) is 0 Å². The maximum atomic E-state index is 12.5. The van der Waals surface area contributed by atoms with Gasteiger partial charge in [-0.25, -0.2) is 0 Å². The Balaban J connectivity index is 2.34. The molecule has 0 aliphatic heterocycles. The summed E-state index contributed by atoms with van der Waals surface area (Å²) in [4.78, 5) is 14.4. The van der Waals surface area contributed by atoms with Gasteiger partial charge in [-0.1, -0.05) is 32.9 Å². The van der Waals surface area contributed by atoms with E-state index in [4.69, 9.17) is 9.15 Å². The average molecular weight is 315 g/mol. The molecule has 2 aromatic rings. The molecule has 1 aromatic carbocycles. The Bertz CT molecular complexity index is 602. The lowest BCUT2D eigenvalue weighted by atomic mass is 9.93. The topological polar surface area (TPSA) is 42.7 Å². The fourth-order valence-electron chi connectivity index (χ4n) is 2.84. The Morgan fingerprint density at radius 2 is 1.91 bits per heavy atom. The molecule has 4 heteroatoms. The van der Waals surface area contributed by atoms with E-state index in [1.54, 1.807) is 13.4 Å². The second-order valence-electron chi connectivity index (χ2n) is 5.92. The zero-order chi connectivity index (χ0) is 16.8. The summed E-state index contributed by atoms with van der Waals surface area (Å²) in [5.41, 5.74) is 1.11. The fraction of sp³-hybridized carbons (Fsp3) is 0.421. The molecule has 1 amide bonds. The van der Waals surface area contributed by atoms with Crippen LogP contribution < -0.4 is 4.74 Å². The minimum Gasteiger partial charge on any atom is -0.497 e. The number of benzene rings is 1. The van der Waals surface area contributed by atoms with Crippen molar-refractivity contribution in [2.45, 2.75) is 39.8 Å². The van der Waals surface area contributed by atoms with E-state index in [2.05, 4.69) is 13.8 Å². The first-order valence-corrected chi connectivity index (χ1v) is 8.02. The predicted octanol–water partition coefficient (Wildman–Crippen LogP) is 4.42. The van der Waals surface area contributed by atoms with Gasteiger partial charge in [0.25, 0.3) is 0 Å². The van der Waals surface area contributed by atoms with Crippen molar-refractivity contribution in [1.82, 2.24) is 4.90 Å². The average Bonchev–Trinajstić information content (AvgIpc) is 3.07. The van der Waals surface area contributed by atoms with Gasteiger partial charge in [0.05, 0.1) is 26.0 Å². The summed E-state index contributed by atoms with van der Waals surface area (Å²) in [6.07, 6.45) is 2.11. The van der Waals surface area contributed by atoms with Gasteiger partial charge in [-0.15, -0.1) is 0 Å². The minimum atomic E-state index is -0.00143. The van der Waals surface area contributed by atoms with E-state index in [-0.39, 0.29) is 17.9 Å². The predicted molar refractivity (Wildman–Crippen MR) is 90.1 cm³/mol. The van der Waals surface area contributed by atoms with Gasteiger partial charge in [-0.2, -0.15) is 0 Å². The molecule has 23 heavy (non-hydrogen) atoms. The maximum absolute atomic E-state index is 12.5. The summed E-state index contributed by atoms with van der Waals surface area (Å²) in [7, 11) is 1.65. The van der Waals surface area contributed by atoms with Gasteiger partial charge in [0, 0.05) is 6.42 Å². The van der Waals surface area contributed by atoms with Crippen LogP contribution in [0.25, 0.3) is 0 Å². The summed E-state index contributed by atoms with van der Waals surface area (Å²) in [6.45, 7) is 6.64. The number of hydrogen-bond donors (Lipinski definition) is 0. The third kappa shape index (κ3) is 4.15. The summed E-state index contributed by atoms with van der Waals surface area (Å²) >= 11 is 0. The molecule has 4 nitrogen and oxygen atoms in total. The fourth-order valence-corrected chi connectivity index (χ4v) is 2.84. The molecule has 1 heterocycles. The third-order valence-electron chi connectivity index (χ3n) is 3.95. The number of ether oxygens (including phenoxy) is 1. The van der Waals surface area contributed by atoms with Crippen molar-refractivity contribution < 1.29 is 13.9 Å². The van der Waals surface area contributed by atoms with Crippen LogP contribution in [0.1, 0.15) is 44.6 Å². The number of hydrogen-bond acceptors (Lipinski definition) is 3. The number of nitrogens with zero attached hydrogens (tertiary/aromatic N) is 1. The van der Waals surface area contributed by atoms with E-state index in [1.807, 2.05) is 48.2 Å². The highest BCUT2D eigenvalue weighted by Gasteiger charge is 2.27. The van der Waals surface area contributed by atoms with Gasteiger partial charge < -0.3 is 14.1 Å². The third-order valence-corrected chi connectivity index (χ3v) is 3.95. The van der Waals surface area contributed by atoms with Crippen LogP contribution in [0.4, 0.5) is 0 Å². The Hall–Kier alpha value is -2.23. The van der Waals surface area contributed by atoms with E-state index in [1.165, 1.54) is 0 Å². The standard InChI is InChI=1S/C19H25NO3/c1-5-18(21)20(13-17-7-6-12-23-17)19(14(2)3)15-8-10-16(22-4)11-9-15/h6-12,14,19H,5,13H2,1-4H3. The van der Waals surface area contributed by atoms with E-state index in [0.717, 1.165) is 17.1 Å². The smallest absolute Gasteiger partial charge is 0.223 e. The van der Waals surface area contributed by atoms with E-state index in [0.29, 0.717) is 13.0 Å². The Morgan fingerprint density at radius 1 is 1.22 bits per heavy atom. The lowest BCUT2D eigenvalue weighted by Gasteiger charge is -2.34. The normalized spacial score (nSPS) is 12.2. The molecule has 0 aliphatic rings. The van der Waals surface area contributed by atoms with Crippen LogP contribution in [0, 0.1) is 5.92 Å². The van der Waals surface area contributed by atoms with Crippen LogP contribution in [0.2, 0.25) is 0 Å². The molecular weight excluding hydrogens is 290 g/mol. The van der Waals surface area contributed by atoms with Crippen molar-refractivity contribution in [2.75, 3.05) is 7.11 Å². The first-order chi connectivity index (χ1) is 11.1. The SMILES string of the molecule is CCC(=O)N(Cc1ccco1)C(c1ccc(OC)cc1)C(C)C. The van der Waals surface area contributed by atoms with Gasteiger partial charge in [0.1, 0.15) is 11.5 Å². The van der Waals surface area contributed by atoms with Crippen molar-refractivity contribution in [3.8, 4) is 5.75 Å². The van der Waals surface area contributed by atoms with Gasteiger partial charge in [-0.3, -0.25) is 4.79 Å². The molecule has 0 saturated heterocycles. The minimum absolute atomic E-state index is 0.00143. The van der Waals surface area contributed by atoms with E-state index < -0.39 is 0 Å². The molecule has 1 unspecified atom stereocenters. The molecule has 1 atom stereocenters.